The first-order valence-corrected chi connectivity index (χ1v) is 14.1. The summed E-state index contributed by atoms with van der Waals surface area (Å²) in [5.41, 5.74) is 3.19. The van der Waals surface area contributed by atoms with Crippen molar-refractivity contribution in [1.82, 2.24) is 0 Å². The third-order valence-corrected chi connectivity index (χ3v) is 6.97. The molecule has 0 aliphatic heterocycles. The topological polar surface area (TPSA) is 108 Å². The van der Waals surface area contributed by atoms with Gasteiger partial charge in [0, 0.05) is 14.7 Å². The second kappa shape index (κ2) is 14.5. The molecule has 0 aliphatic rings. The van der Waals surface area contributed by atoms with Crippen molar-refractivity contribution in [2.75, 3.05) is 7.11 Å². The van der Waals surface area contributed by atoms with E-state index in [1.165, 1.54) is 25.3 Å². The van der Waals surface area contributed by atoms with Crippen molar-refractivity contribution in [3.63, 3.8) is 0 Å². The summed E-state index contributed by atoms with van der Waals surface area (Å²) in [4.78, 5) is 22.2. The van der Waals surface area contributed by atoms with E-state index in [0.29, 0.717) is 29.4 Å². The number of carboxylic acid groups (broad SMARTS) is 1. The number of carbonyl (C=O) groups excluding carboxylic acids is 1. The Bertz CT molecular complexity index is 1690. The molecule has 0 aliphatic carbocycles. The van der Waals surface area contributed by atoms with Gasteiger partial charge in [0.15, 0.2) is 0 Å². The minimum absolute atomic E-state index is 0.104. The zero-order valence-electron chi connectivity index (χ0n) is 23.6. The molecule has 5 aromatic rings. The third kappa shape index (κ3) is 8.71. The molecule has 3 aromatic carbocycles. The predicted octanol–water partition coefficient (Wildman–Crippen LogP) is 8.23. The monoisotopic (exact) mass is 698 g/mol. The number of carbonyl (C=O) groups is 2. The van der Waals surface area contributed by atoms with E-state index in [9.17, 15) is 14.0 Å². The van der Waals surface area contributed by atoms with Gasteiger partial charge in [-0.1, -0.05) is 24.3 Å². The number of halogens is 2. The molecule has 2 heterocycles. The molecular formula is C33H28FIO8. The first-order chi connectivity index (χ1) is 20.6. The van der Waals surface area contributed by atoms with Gasteiger partial charge in [-0.15, -0.1) is 0 Å². The van der Waals surface area contributed by atoms with Crippen LogP contribution >= 0.6 is 22.6 Å². The van der Waals surface area contributed by atoms with Gasteiger partial charge in [0.1, 0.15) is 42.1 Å². The lowest BCUT2D eigenvalue weighted by molar-refractivity contribution is 0.0563. The zero-order chi connectivity index (χ0) is 30.9. The summed E-state index contributed by atoms with van der Waals surface area (Å²) in [5.74, 6) is 0.807. The van der Waals surface area contributed by atoms with Crippen LogP contribution in [0.15, 0.2) is 93.8 Å². The predicted molar refractivity (Wildman–Crippen MR) is 165 cm³/mol. The summed E-state index contributed by atoms with van der Waals surface area (Å²) in [7, 11) is 1.32. The normalized spacial score (nSPS) is 10.4. The quantitative estimate of drug-likeness (QED) is 0.121. The van der Waals surface area contributed by atoms with Gasteiger partial charge < -0.3 is 28.2 Å². The van der Waals surface area contributed by atoms with Crippen LogP contribution in [0, 0.1) is 23.2 Å². The molecule has 0 fully saturated rings. The molecule has 0 atom stereocenters. The number of methoxy groups -OCH3 is 1. The average molecular weight is 698 g/mol. The molecule has 0 bridgehead atoms. The van der Waals surface area contributed by atoms with Gasteiger partial charge >= 0.3 is 11.9 Å². The number of benzene rings is 3. The number of hydrogen-bond acceptors (Lipinski definition) is 7. The van der Waals surface area contributed by atoms with Crippen molar-refractivity contribution in [2.45, 2.75) is 27.1 Å². The molecule has 0 radical (unpaired) electrons. The van der Waals surface area contributed by atoms with Gasteiger partial charge in [-0.2, -0.15) is 0 Å². The second-order valence-electron chi connectivity index (χ2n) is 9.25. The Morgan fingerprint density at radius 1 is 0.767 bits per heavy atom. The van der Waals surface area contributed by atoms with E-state index in [4.69, 9.17) is 23.4 Å². The fraction of sp³-hybridized carbons (Fsp3) is 0.152. The smallest absolute Gasteiger partial charge is 0.373 e. The maximum atomic E-state index is 13.3. The van der Waals surface area contributed by atoms with Crippen molar-refractivity contribution in [3.8, 4) is 22.6 Å². The molecular weight excluding hydrogens is 670 g/mol. The van der Waals surface area contributed by atoms with E-state index in [-0.39, 0.29) is 23.9 Å². The molecule has 0 unspecified atom stereocenters. The molecule has 0 amide bonds. The summed E-state index contributed by atoms with van der Waals surface area (Å²) in [5, 5.41) is 8.90. The molecule has 5 rings (SSSR count). The Kier molecular flexibility index (Phi) is 10.6. The summed E-state index contributed by atoms with van der Waals surface area (Å²) in [6, 6.07) is 24.5. The second-order valence-corrected chi connectivity index (χ2v) is 10.5. The van der Waals surface area contributed by atoms with Crippen molar-refractivity contribution < 1.29 is 42.1 Å². The van der Waals surface area contributed by atoms with Crippen LogP contribution in [0.4, 0.5) is 4.39 Å². The van der Waals surface area contributed by atoms with E-state index in [1.807, 2.05) is 42.5 Å². The van der Waals surface area contributed by atoms with Crippen LogP contribution in [-0.4, -0.2) is 24.2 Å². The SMILES string of the molecule is COC(=O)c1cc(COc2ccc(I)cc2)c(C)o1.Cc1oc(C(=O)O)cc1COc1ccc(-c2cccc(F)c2)cc1. The Hall–Kier alpha value is -4.58. The number of carboxylic acids is 1. The van der Waals surface area contributed by atoms with Gasteiger partial charge in [-0.05, 0) is 108 Å². The van der Waals surface area contributed by atoms with Crippen LogP contribution in [0.2, 0.25) is 0 Å². The standard InChI is InChI=1S/C19H15FO4.C14H13IO4/c1-12-15(10-18(24-12)19(21)22)11-23-17-7-5-13(6-8-17)14-3-2-4-16(20)9-14;1-9-10(7-13(19-9)14(16)17-2)8-18-12-5-3-11(15)4-6-12/h2-10H,11H2,1H3,(H,21,22);3-7H,8H2,1-2H3. The summed E-state index contributed by atoms with van der Waals surface area (Å²) in [6.45, 7) is 4.05. The summed E-state index contributed by atoms with van der Waals surface area (Å²) in [6.07, 6.45) is 0. The maximum absolute atomic E-state index is 13.3. The Morgan fingerprint density at radius 2 is 1.30 bits per heavy atom. The largest absolute Gasteiger partial charge is 0.489 e. The van der Waals surface area contributed by atoms with Gasteiger partial charge in [-0.25, -0.2) is 14.0 Å². The number of furan rings is 2. The van der Waals surface area contributed by atoms with Gasteiger partial charge in [0.25, 0.3) is 0 Å². The van der Waals surface area contributed by atoms with E-state index in [2.05, 4.69) is 27.3 Å². The minimum atomic E-state index is -1.11. The molecule has 0 spiro atoms. The molecule has 10 heteroatoms. The van der Waals surface area contributed by atoms with Crippen molar-refractivity contribution in [2.24, 2.45) is 0 Å². The average Bonchev–Trinajstić information content (AvgIpc) is 3.57. The van der Waals surface area contributed by atoms with E-state index >= 15 is 0 Å². The van der Waals surface area contributed by atoms with Crippen LogP contribution in [0.5, 0.6) is 11.5 Å². The number of aromatic carboxylic acids is 1. The lowest BCUT2D eigenvalue weighted by Crippen LogP contribution is -1.99. The van der Waals surface area contributed by atoms with Crippen molar-refractivity contribution in [3.05, 3.63) is 128 Å². The first-order valence-electron chi connectivity index (χ1n) is 13.0. The number of rotatable bonds is 9. The third-order valence-electron chi connectivity index (χ3n) is 6.25. The van der Waals surface area contributed by atoms with Gasteiger partial charge in [0.2, 0.25) is 11.5 Å². The molecule has 1 N–H and O–H groups in total. The molecule has 0 saturated heterocycles. The van der Waals surface area contributed by atoms with Gasteiger partial charge in [-0.3, -0.25) is 0 Å². The molecule has 222 valence electrons. The lowest BCUT2D eigenvalue weighted by atomic mass is 10.1. The Labute approximate surface area is 261 Å². The molecule has 8 nitrogen and oxygen atoms in total. The molecule has 0 saturated carbocycles. The van der Waals surface area contributed by atoms with Crippen LogP contribution in [0.3, 0.4) is 0 Å². The van der Waals surface area contributed by atoms with E-state index < -0.39 is 11.9 Å². The summed E-state index contributed by atoms with van der Waals surface area (Å²) >= 11 is 2.23. The van der Waals surface area contributed by atoms with Gasteiger partial charge in [0.05, 0.1) is 7.11 Å². The number of hydrogen-bond donors (Lipinski definition) is 1. The zero-order valence-corrected chi connectivity index (χ0v) is 25.7. The lowest BCUT2D eigenvalue weighted by Gasteiger charge is -2.07. The highest BCUT2D eigenvalue weighted by Gasteiger charge is 2.15. The van der Waals surface area contributed by atoms with Crippen LogP contribution in [-0.2, 0) is 18.0 Å². The highest BCUT2D eigenvalue weighted by molar-refractivity contribution is 14.1. The Morgan fingerprint density at radius 3 is 1.81 bits per heavy atom. The summed E-state index contributed by atoms with van der Waals surface area (Å²) < 4.78 is 40.8. The van der Waals surface area contributed by atoms with Crippen molar-refractivity contribution in [1.29, 1.82) is 0 Å². The number of ether oxygens (including phenoxy) is 3. The molecule has 2 aromatic heterocycles. The maximum Gasteiger partial charge on any atom is 0.373 e. The number of aryl methyl sites for hydroxylation is 2. The molecule has 43 heavy (non-hydrogen) atoms. The van der Waals surface area contributed by atoms with Crippen molar-refractivity contribution >= 4 is 34.5 Å². The van der Waals surface area contributed by atoms with E-state index in [1.54, 1.807) is 38.1 Å². The first kappa shape index (κ1) is 31.4. The van der Waals surface area contributed by atoms with Crippen LogP contribution < -0.4 is 9.47 Å². The highest BCUT2D eigenvalue weighted by atomic mass is 127. The van der Waals surface area contributed by atoms with E-state index in [0.717, 1.165) is 26.0 Å². The fourth-order valence-corrected chi connectivity index (χ4v) is 4.26. The Balaban J connectivity index is 0.000000203. The van der Waals surface area contributed by atoms with Crippen LogP contribution in [0.25, 0.3) is 11.1 Å². The number of esters is 1. The minimum Gasteiger partial charge on any atom is -0.489 e. The highest BCUT2D eigenvalue weighted by Crippen LogP contribution is 2.24. The fourth-order valence-electron chi connectivity index (χ4n) is 3.90. The van der Waals surface area contributed by atoms with Crippen LogP contribution in [0.1, 0.15) is 43.8 Å².